The van der Waals surface area contributed by atoms with Gasteiger partial charge in [0.15, 0.2) is 0 Å². The van der Waals surface area contributed by atoms with Crippen LogP contribution in [-0.4, -0.2) is 41.0 Å². The first-order valence-corrected chi connectivity index (χ1v) is 6.36. The summed E-state index contributed by atoms with van der Waals surface area (Å²) in [4.78, 5) is 25.2. The molecule has 2 amide bonds. The zero-order chi connectivity index (χ0) is 14.0. The van der Waals surface area contributed by atoms with Gasteiger partial charge in [0.05, 0.1) is 6.10 Å². The fourth-order valence-electron chi connectivity index (χ4n) is 2.30. The van der Waals surface area contributed by atoms with Crippen molar-refractivity contribution in [2.45, 2.75) is 25.9 Å². The first-order valence-electron chi connectivity index (χ1n) is 6.36. The molecular weight excluding hydrogens is 244 g/mol. The van der Waals surface area contributed by atoms with E-state index in [1.165, 1.54) is 6.07 Å². The van der Waals surface area contributed by atoms with E-state index in [1.807, 2.05) is 6.92 Å². The van der Waals surface area contributed by atoms with Crippen LogP contribution >= 0.6 is 0 Å². The van der Waals surface area contributed by atoms with Gasteiger partial charge in [0.1, 0.15) is 0 Å². The fraction of sp³-hybridized carbons (Fsp3) is 0.429. The molecule has 5 heteroatoms. The molecule has 1 aliphatic heterocycles. The summed E-state index contributed by atoms with van der Waals surface area (Å²) in [6.07, 6.45) is 0.878. The van der Waals surface area contributed by atoms with Gasteiger partial charge in [0.2, 0.25) is 5.91 Å². The molecule has 2 rings (SSSR count). The number of aliphatic hydroxyl groups excluding tert-OH is 1. The van der Waals surface area contributed by atoms with E-state index in [0.717, 1.165) is 5.56 Å². The van der Waals surface area contributed by atoms with Crippen molar-refractivity contribution in [3.05, 3.63) is 34.9 Å². The van der Waals surface area contributed by atoms with Gasteiger partial charge >= 0.3 is 0 Å². The number of primary amides is 1. The summed E-state index contributed by atoms with van der Waals surface area (Å²) in [6, 6.07) is 4.95. The third-order valence-corrected chi connectivity index (χ3v) is 3.36. The number of carbonyl (C=O) groups excluding carboxylic acids is 2. The van der Waals surface area contributed by atoms with Crippen LogP contribution in [-0.2, 0) is 0 Å². The van der Waals surface area contributed by atoms with Crippen LogP contribution in [0.4, 0.5) is 0 Å². The zero-order valence-corrected chi connectivity index (χ0v) is 10.9. The van der Waals surface area contributed by atoms with Gasteiger partial charge in [0.25, 0.3) is 5.91 Å². The van der Waals surface area contributed by atoms with Crippen molar-refractivity contribution in [2.24, 2.45) is 5.73 Å². The Bertz CT molecular complexity index is 505. The Morgan fingerprint density at radius 2 is 1.79 bits per heavy atom. The highest BCUT2D eigenvalue weighted by Crippen LogP contribution is 2.16. The van der Waals surface area contributed by atoms with Crippen molar-refractivity contribution in [1.29, 1.82) is 0 Å². The van der Waals surface area contributed by atoms with Gasteiger partial charge in [-0.25, -0.2) is 0 Å². The van der Waals surface area contributed by atoms with Gasteiger partial charge in [-0.15, -0.1) is 0 Å². The van der Waals surface area contributed by atoms with E-state index in [9.17, 15) is 14.7 Å². The molecule has 0 bridgehead atoms. The third kappa shape index (κ3) is 3.12. The lowest BCUT2D eigenvalue weighted by Gasteiger charge is -2.29. The highest BCUT2D eigenvalue weighted by atomic mass is 16.3. The van der Waals surface area contributed by atoms with E-state index >= 15 is 0 Å². The predicted molar refractivity (Wildman–Crippen MR) is 70.8 cm³/mol. The second-order valence-corrected chi connectivity index (χ2v) is 4.98. The van der Waals surface area contributed by atoms with Crippen molar-refractivity contribution in [3.8, 4) is 0 Å². The molecule has 1 fully saturated rings. The first-order chi connectivity index (χ1) is 8.97. The van der Waals surface area contributed by atoms with Crippen LogP contribution in [0.25, 0.3) is 0 Å². The van der Waals surface area contributed by atoms with Crippen LogP contribution in [0.15, 0.2) is 18.2 Å². The lowest BCUT2D eigenvalue weighted by atomic mass is 10.0. The molecule has 19 heavy (non-hydrogen) atoms. The topological polar surface area (TPSA) is 83.6 Å². The van der Waals surface area contributed by atoms with Crippen LogP contribution < -0.4 is 5.73 Å². The number of aliphatic hydroxyl groups is 1. The molecule has 1 aromatic carbocycles. The van der Waals surface area contributed by atoms with Crippen LogP contribution in [0.5, 0.6) is 0 Å². The number of hydrogen-bond donors (Lipinski definition) is 2. The first kappa shape index (κ1) is 13.5. The molecule has 1 aromatic rings. The van der Waals surface area contributed by atoms with Crippen LogP contribution in [0.2, 0.25) is 0 Å². The minimum Gasteiger partial charge on any atom is -0.393 e. The van der Waals surface area contributed by atoms with Gasteiger partial charge in [-0.1, -0.05) is 0 Å². The number of carbonyl (C=O) groups is 2. The number of nitrogens with two attached hydrogens (primary N) is 1. The fourth-order valence-corrected chi connectivity index (χ4v) is 2.30. The van der Waals surface area contributed by atoms with E-state index in [4.69, 9.17) is 5.73 Å². The molecule has 0 unspecified atom stereocenters. The van der Waals surface area contributed by atoms with E-state index in [1.54, 1.807) is 17.0 Å². The number of nitrogens with zero attached hydrogens (tertiary/aromatic N) is 1. The molecule has 0 saturated carbocycles. The molecule has 0 aliphatic carbocycles. The number of benzene rings is 1. The summed E-state index contributed by atoms with van der Waals surface area (Å²) in [5.74, 6) is -0.648. The number of hydrogen-bond acceptors (Lipinski definition) is 3. The van der Waals surface area contributed by atoms with Crippen LogP contribution in [0, 0.1) is 6.92 Å². The average Bonchev–Trinajstić information content (AvgIpc) is 2.38. The van der Waals surface area contributed by atoms with Gasteiger partial charge in [-0.3, -0.25) is 9.59 Å². The smallest absolute Gasteiger partial charge is 0.253 e. The van der Waals surface area contributed by atoms with E-state index in [2.05, 4.69) is 0 Å². The Kier molecular flexibility index (Phi) is 3.85. The molecule has 0 atom stereocenters. The van der Waals surface area contributed by atoms with Crippen molar-refractivity contribution < 1.29 is 14.7 Å². The number of piperidine rings is 1. The molecule has 0 spiro atoms. The SMILES string of the molecule is Cc1cc(C(N)=O)cc(C(=O)N2CCC(O)CC2)c1. The lowest BCUT2D eigenvalue weighted by molar-refractivity contribution is 0.0546. The predicted octanol–water partition coefficient (Wildman–Crippen LogP) is 0.691. The Hall–Kier alpha value is -1.88. The summed E-state index contributed by atoms with van der Waals surface area (Å²) in [6.45, 7) is 2.91. The molecule has 1 aliphatic rings. The Morgan fingerprint density at radius 1 is 1.21 bits per heavy atom. The summed E-state index contributed by atoms with van der Waals surface area (Å²) < 4.78 is 0. The van der Waals surface area contributed by atoms with Crippen molar-refractivity contribution >= 4 is 11.8 Å². The number of aryl methyl sites for hydroxylation is 1. The summed E-state index contributed by atoms with van der Waals surface area (Å²) in [5.41, 5.74) is 6.91. The standard InChI is InChI=1S/C14H18N2O3/c1-9-6-10(13(15)18)8-11(7-9)14(19)16-4-2-12(17)3-5-16/h6-8,12,17H,2-5H2,1H3,(H2,15,18). The molecule has 3 N–H and O–H groups in total. The molecule has 1 heterocycles. The molecule has 0 radical (unpaired) electrons. The van der Waals surface area contributed by atoms with Gasteiger partial charge in [-0.05, 0) is 43.5 Å². The molecule has 1 saturated heterocycles. The van der Waals surface area contributed by atoms with Crippen molar-refractivity contribution in [1.82, 2.24) is 4.90 Å². The second-order valence-electron chi connectivity index (χ2n) is 4.98. The summed E-state index contributed by atoms with van der Waals surface area (Å²) >= 11 is 0. The van der Waals surface area contributed by atoms with Gasteiger partial charge in [0, 0.05) is 24.2 Å². The van der Waals surface area contributed by atoms with E-state index in [-0.39, 0.29) is 12.0 Å². The average molecular weight is 262 g/mol. The van der Waals surface area contributed by atoms with Crippen molar-refractivity contribution in [3.63, 3.8) is 0 Å². The molecular formula is C14H18N2O3. The highest BCUT2D eigenvalue weighted by Gasteiger charge is 2.22. The quantitative estimate of drug-likeness (QED) is 0.822. The van der Waals surface area contributed by atoms with Crippen LogP contribution in [0.1, 0.15) is 39.1 Å². The normalized spacial score (nSPS) is 16.4. The third-order valence-electron chi connectivity index (χ3n) is 3.36. The molecule has 102 valence electrons. The summed E-state index contributed by atoms with van der Waals surface area (Å²) in [7, 11) is 0. The summed E-state index contributed by atoms with van der Waals surface area (Å²) in [5, 5.41) is 9.44. The van der Waals surface area contributed by atoms with E-state index in [0.29, 0.717) is 37.1 Å². The minimum absolute atomic E-state index is 0.113. The maximum absolute atomic E-state index is 12.3. The second kappa shape index (κ2) is 5.40. The Morgan fingerprint density at radius 3 is 2.37 bits per heavy atom. The maximum atomic E-state index is 12.3. The van der Waals surface area contributed by atoms with Gasteiger partial charge in [-0.2, -0.15) is 0 Å². The van der Waals surface area contributed by atoms with E-state index < -0.39 is 5.91 Å². The monoisotopic (exact) mass is 262 g/mol. The number of amides is 2. The molecule has 0 aromatic heterocycles. The zero-order valence-electron chi connectivity index (χ0n) is 10.9. The number of rotatable bonds is 2. The molecule has 5 nitrogen and oxygen atoms in total. The Balaban J connectivity index is 2.21. The highest BCUT2D eigenvalue weighted by molar-refractivity contribution is 5.99. The minimum atomic E-state index is -0.535. The number of likely N-dealkylation sites (tertiary alicyclic amines) is 1. The van der Waals surface area contributed by atoms with Gasteiger partial charge < -0.3 is 15.7 Å². The van der Waals surface area contributed by atoms with Crippen LogP contribution in [0.3, 0.4) is 0 Å². The largest absolute Gasteiger partial charge is 0.393 e. The van der Waals surface area contributed by atoms with Crippen molar-refractivity contribution in [2.75, 3.05) is 13.1 Å². The maximum Gasteiger partial charge on any atom is 0.253 e. The lowest BCUT2D eigenvalue weighted by Crippen LogP contribution is -2.40. The Labute approximate surface area is 112 Å².